The highest BCUT2D eigenvalue weighted by Crippen LogP contribution is 2.12. The molecule has 1 aromatic rings. The zero-order valence-corrected chi connectivity index (χ0v) is 8.92. The number of hydrogen-bond donors (Lipinski definition) is 1. The minimum atomic E-state index is 0.000402. The van der Waals surface area contributed by atoms with Crippen LogP contribution in [0, 0.1) is 20.8 Å². The Bertz CT molecular complexity index is 339. The van der Waals surface area contributed by atoms with Crippen molar-refractivity contribution in [1.29, 1.82) is 0 Å². The predicted octanol–water partition coefficient (Wildman–Crippen LogP) is 1.30. The van der Waals surface area contributed by atoms with E-state index in [0.717, 1.165) is 23.5 Å². The lowest BCUT2D eigenvalue weighted by atomic mass is 10.3. The van der Waals surface area contributed by atoms with Gasteiger partial charge in [-0.2, -0.15) is 0 Å². The standard InChI is InChI=1S/C11H16N2O/c1-8-7-9(2)13(10(8)3)6-5-12-11(4)14/h1,7H,5-6H2,2-4H3,(H,12,14). The summed E-state index contributed by atoms with van der Waals surface area (Å²) < 4.78 is 2.10. The maximum absolute atomic E-state index is 10.7. The van der Waals surface area contributed by atoms with Crippen molar-refractivity contribution in [1.82, 2.24) is 9.88 Å². The summed E-state index contributed by atoms with van der Waals surface area (Å²) in [5.74, 6) is 0.000402. The van der Waals surface area contributed by atoms with Crippen molar-refractivity contribution in [2.24, 2.45) is 0 Å². The molecule has 0 aliphatic heterocycles. The third-order valence-corrected chi connectivity index (χ3v) is 2.32. The Morgan fingerprint density at radius 3 is 2.64 bits per heavy atom. The molecule has 1 N–H and O–H groups in total. The number of rotatable bonds is 3. The van der Waals surface area contributed by atoms with Crippen molar-refractivity contribution in [3.63, 3.8) is 0 Å². The topological polar surface area (TPSA) is 34.0 Å². The molecule has 3 nitrogen and oxygen atoms in total. The van der Waals surface area contributed by atoms with Gasteiger partial charge in [-0.3, -0.25) is 4.79 Å². The van der Waals surface area contributed by atoms with Crippen LogP contribution in [0.3, 0.4) is 0 Å². The maximum Gasteiger partial charge on any atom is 0.216 e. The number of nitrogens with one attached hydrogen (secondary N) is 1. The molecule has 0 bridgehead atoms. The van der Waals surface area contributed by atoms with Gasteiger partial charge in [-0.1, -0.05) is 0 Å². The summed E-state index contributed by atoms with van der Waals surface area (Å²) in [7, 11) is 0. The molecule has 0 fully saturated rings. The summed E-state index contributed by atoms with van der Waals surface area (Å²) in [6.07, 6.45) is 0. The lowest BCUT2D eigenvalue weighted by Crippen LogP contribution is -2.25. The van der Waals surface area contributed by atoms with Gasteiger partial charge >= 0.3 is 0 Å². The molecule has 1 rings (SSSR count). The number of amides is 1. The van der Waals surface area contributed by atoms with Crippen LogP contribution in [0.4, 0.5) is 0 Å². The first kappa shape index (κ1) is 10.8. The van der Waals surface area contributed by atoms with Crippen LogP contribution in [0.5, 0.6) is 0 Å². The molecule has 3 heteroatoms. The Hall–Kier alpha value is -1.25. The molecule has 14 heavy (non-hydrogen) atoms. The van der Waals surface area contributed by atoms with Crippen LogP contribution in [0.25, 0.3) is 0 Å². The maximum atomic E-state index is 10.7. The molecule has 0 atom stereocenters. The molecule has 1 heterocycles. The Labute approximate surface area is 85.1 Å². The van der Waals surface area contributed by atoms with Crippen molar-refractivity contribution in [3.05, 3.63) is 29.9 Å². The molecule has 2 radical (unpaired) electrons. The molecule has 0 aromatic carbocycles. The van der Waals surface area contributed by atoms with Crippen molar-refractivity contribution < 1.29 is 4.79 Å². The Kier molecular flexibility index (Phi) is 3.33. The van der Waals surface area contributed by atoms with Gasteiger partial charge < -0.3 is 9.88 Å². The molecule has 1 aromatic heterocycles. The lowest BCUT2D eigenvalue weighted by molar-refractivity contribution is -0.118. The van der Waals surface area contributed by atoms with E-state index in [0.29, 0.717) is 6.54 Å². The molecule has 1 amide bonds. The minimum absolute atomic E-state index is 0.000402. The van der Waals surface area contributed by atoms with Crippen molar-refractivity contribution in [3.8, 4) is 0 Å². The lowest BCUT2D eigenvalue weighted by Gasteiger charge is -2.09. The van der Waals surface area contributed by atoms with Gasteiger partial charge in [0.05, 0.1) is 0 Å². The van der Waals surface area contributed by atoms with E-state index in [9.17, 15) is 4.79 Å². The Morgan fingerprint density at radius 2 is 2.21 bits per heavy atom. The molecule has 0 aliphatic carbocycles. The second-order valence-corrected chi connectivity index (χ2v) is 3.46. The van der Waals surface area contributed by atoms with Gasteiger partial charge in [-0.05, 0) is 25.5 Å². The predicted molar refractivity (Wildman–Crippen MR) is 56.0 cm³/mol. The first-order valence-corrected chi connectivity index (χ1v) is 4.69. The van der Waals surface area contributed by atoms with Crippen LogP contribution in [0.2, 0.25) is 0 Å². The number of carbonyl (C=O) groups is 1. The smallest absolute Gasteiger partial charge is 0.216 e. The summed E-state index contributed by atoms with van der Waals surface area (Å²) in [6, 6.07) is 1.95. The molecule has 0 saturated carbocycles. The Morgan fingerprint density at radius 1 is 1.57 bits per heavy atom. The molecule has 76 valence electrons. The van der Waals surface area contributed by atoms with E-state index < -0.39 is 0 Å². The van der Waals surface area contributed by atoms with Crippen LogP contribution < -0.4 is 5.32 Å². The third kappa shape index (κ3) is 2.37. The SMILES string of the molecule is [CH]c1cc(C)n(CCNC(C)=O)c1C. The molecular weight excluding hydrogens is 176 g/mol. The fourth-order valence-corrected chi connectivity index (χ4v) is 1.52. The summed E-state index contributed by atoms with van der Waals surface area (Å²) >= 11 is 0. The van der Waals surface area contributed by atoms with E-state index in [4.69, 9.17) is 6.92 Å². The van der Waals surface area contributed by atoms with Gasteiger partial charge in [0.2, 0.25) is 5.91 Å². The normalized spacial score (nSPS) is 10.3. The summed E-state index contributed by atoms with van der Waals surface area (Å²) in [5.41, 5.74) is 3.00. The van der Waals surface area contributed by atoms with Crippen molar-refractivity contribution >= 4 is 5.91 Å². The largest absolute Gasteiger partial charge is 0.355 e. The van der Waals surface area contributed by atoms with Crippen LogP contribution in [0.15, 0.2) is 6.07 Å². The molecule has 0 unspecified atom stereocenters. The Balaban J connectivity index is 2.62. The van der Waals surface area contributed by atoms with Crippen LogP contribution in [-0.4, -0.2) is 17.0 Å². The zero-order chi connectivity index (χ0) is 10.7. The van der Waals surface area contributed by atoms with Crippen LogP contribution in [0.1, 0.15) is 23.9 Å². The van der Waals surface area contributed by atoms with E-state index in [1.807, 2.05) is 19.9 Å². The second-order valence-electron chi connectivity index (χ2n) is 3.46. The summed E-state index contributed by atoms with van der Waals surface area (Å²) in [5, 5.41) is 2.76. The molecular formula is C11H16N2O. The molecule has 0 spiro atoms. The summed E-state index contributed by atoms with van der Waals surface area (Å²) in [4.78, 5) is 10.7. The highest BCUT2D eigenvalue weighted by molar-refractivity contribution is 5.72. The first-order chi connectivity index (χ1) is 6.52. The van der Waals surface area contributed by atoms with Gasteiger partial charge in [0.1, 0.15) is 0 Å². The van der Waals surface area contributed by atoms with Gasteiger partial charge in [0.15, 0.2) is 0 Å². The van der Waals surface area contributed by atoms with Crippen molar-refractivity contribution in [2.45, 2.75) is 27.3 Å². The van der Waals surface area contributed by atoms with Gasteiger partial charge in [-0.25, -0.2) is 0 Å². The third-order valence-electron chi connectivity index (χ3n) is 2.32. The fraction of sp³-hybridized carbons (Fsp3) is 0.455. The number of aromatic nitrogens is 1. The number of carbonyl (C=O) groups excluding carboxylic acids is 1. The van der Waals surface area contributed by atoms with E-state index >= 15 is 0 Å². The monoisotopic (exact) mass is 192 g/mol. The fourth-order valence-electron chi connectivity index (χ4n) is 1.52. The summed E-state index contributed by atoms with van der Waals surface area (Å²) in [6.45, 7) is 12.7. The van der Waals surface area contributed by atoms with E-state index in [1.54, 1.807) is 0 Å². The highest BCUT2D eigenvalue weighted by atomic mass is 16.1. The van der Waals surface area contributed by atoms with Crippen LogP contribution in [-0.2, 0) is 11.3 Å². The highest BCUT2D eigenvalue weighted by Gasteiger charge is 2.04. The minimum Gasteiger partial charge on any atom is -0.355 e. The quantitative estimate of drug-likeness (QED) is 0.769. The van der Waals surface area contributed by atoms with Crippen molar-refractivity contribution in [2.75, 3.05) is 6.54 Å². The van der Waals surface area contributed by atoms with Gasteiger partial charge in [-0.15, -0.1) is 0 Å². The molecule has 0 saturated heterocycles. The van der Waals surface area contributed by atoms with Gasteiger partial charge in [0.25, 0.3) is 0 Å². The van der Waals surface area contributed by atoms with Crippen LogP contribution >= 0.6 is 0 Å². The average molecular weight is 192 g/mol. The van der Waals surface area contributed by atoms with E-state index in [2.05, 4.69) is 9.88 Å². The average Bonchev–Trinajstić information content (AvgIpc) is 2.31. The van der Waals surface area contributed by atoms with E-state index in [-0.39, 0.29) is 5.91 Å². The number of nitrogens with zero attached hydrogens (tertiary/aromatic N) is 1. The number of hydrogen-bond acceptors (Lipinski definition) is 1. The van der Waals surface area contributed by atoms with Gasteiger partial charge in [0, 0.05) is 38.3 Å². The second kappa shape index (κ2) is 4.31. The zero-order valence-electron chi connectivity index (χ0n) is 8.92. The number of aryl methyl sites for hydroxylation is 1. The molecule has 0 aliphatic rings. The van der Waals surface area contributed by atoms with E-state index in [1.165, 1.54) is 6.92 Å². The first-order valence-electron chi connectivity index (χ1n) is 4.69.